The largest absolute Gasteiger partial charge is 0.607 e. The maximum absolute atomic E-state index is 10.0. The molecule has 46 valence electrons. The molecular formula is C6H9O2-. The van der Waals surface area contributed by atoms with Gasteiger partial charge in [0.05, 0.1) is 0 Å². The predicted octanol–water partition coefficient (Wildman–Crippen LogP) is 0.409. The Hall–Kier alpha value is -0.920. The molecule has 0 aliphatic rings. The summed E-state index contributed by atoms with van der Waals surface area (Å²) in [7, 11) is 0. The first-order chi connectivity index (χ1) is 3.66. The molecular weight excluding hydrogens is 104 g/mol. The second-order valence-electron chi connectivity index (χ2n) is 1.43. The van der Waals surface area contributed by atoms with Crippen LogP contribution >= 0.6 is 0 Å². The van der Waals surface area contributed by atoms with Gasteiger partial charge in [0, 0.05) is 12.0 Å². The van der Waals surface area contributed by atoms with Crippen LogP contribution in [-0.2, 0) is 4.74 Å². The number of hydrogen-bond donors (Lipinski definition) is 0. The smallest absolute Gasteiger partial charge is 0.0443 e. The van der Waals surface area contributed by atoms with Crippen molar-refractivity contribution in [3.05, 3.63) is 25.2 Å². The van der Waals surface area contributed by atoms with Crippen LogP contribution in [0.5, 0.6) is 0 Å². The first-order valence-corrected chi connectivity index (χ1v) is 2.32. The highest BCUT2D eigenvalue weighted by Gasteiger charge is 1.83. The van der Waals surface area contributed by atoms with Gasteiger partial charge in [-0.05, 0) is 6.92 Å². The van der Waals surface area contributed by atoms with Crippen molar-refractivity contribution in [1.82, 2.24) is 0 Å². The summed E-state index contributed by atoms with van der Waals surface area (Å²) in [4.78, 5) is 0. The third kappa shape index (κ3) is 3.28. The molecule has 0 aromatic heterocycles. The van der Waals surface area contributed by atoms with Gasteiger partial charge in [0.2, 0.25) is 0 Å². The van der Waals surface area contributed by atoms with Crippen molar-refractivity contribution >= 4 is 0 Å². The zero-order valence-corrected chi connectivity index (χ0v) is 4.89. The zero-order chi connectivity index (χ0) is 6.57. The maximum atomic E-state index is 10.0. The number of ether oxygens (including phenoxy) is 1. The summed E-state index contributed by atoms with van der Waals surface area (Å²) in [5, 5.41) is 10.0. The summed E-state index contributed by atoms with van der Waals surface area (Å²) >= 11 is 0. The van der Waals surface area contributed by atoms with Gasteiger partial charge in [-0.15, -0.1) is 6.58 Å². The van der Waals surface area contributed by atoms with Gasteiger partial charge >= 0.3 is 0 Å². The van der Waals surface area contributed by atoms with Gasteiger partial charge < -0.3 is 9.84 Å². The Morgan fingerprint density at radius 2 is 2.38 bits per heavy atom. The van der Waals surface area contributed by atoms with Crippen molar-refractivity contribution < 1.29 is 9.84 Å². The van der Waals surface area contributed by atoms with E-state index >= 15 is 0 Å². The lowest BCUT2D eigenvalue weighted by molar-refractivity contribution is -0.359. The maximum Gasteiger partial charge on any atom is 0.0443 e. The molecule has 8 heavy (non-hydrogen) atoms. The van der Waals surface area contributed by atoms with Crippen LogP contribution in [0, 0.1) is 0 Å². The van der Waals surface area contributed by atoms with Gasteiger partial charge in [-0.1, -0.05) is 12.7 Å². The van der Waals surface area contributed by atoms with E-state index in [1.807, 2.05) is 0 Å². The molecule has 0 saturated carbocycles. The Kier molecular flexibility index (Phi) is 2.77. The first kappa shape index (κ1) is 7.08. The minimum Gasteiger partial charge on any atom is -0.607 e. The molecule has 1 unspecified atom stereocenters. The Morgan fingerprint density at radius 1 is 1.88 bits per heavy atom. The van der Waals surface area contributed by atoms with Crippen LogP contribution in [0.3, 0.4) is 0 Å². The van der Waals surface area contributed by atoms with Crippen molar-refractivity contribution in [3.63, 3.8) is 0 Å². The van der Waals surface area contributed by atoms with E-state index in [0.717, 1.165) is 0 Å². The lowest BCUT2D eigenvalue weighted by atomic mass is 10.4. The fourth-order valence-corrected chi connectivity index (χ4v) is 0.255. The molecule has 2 heteroatoms. The molecule has 1 atom stereocenters. The van der Waals surface area contributed by atoms with Gasteiger partial charge in [0.25, 0.3) is 0 Å². The SMILES string of the molecule is C=CC(C)OC(=C)[O-]. The van der Waals surface area contributed by atoms with E-state index in [2.05, 4.69) is 17.9 Å². The third-order valence-corrected chi connectivity index (χ3v) is 0.649. The molecule has 0 fully saturated rings. The number of rotatable bonds is 3. The predicted molar refractivity (Wildman–Crippen MR) is 29.9 cm³/mol. The summed E-state index contributed by atoms with van der Waals surface area (Å²) in [6.45, 7) is 8.14. The van der Waals surface area contributed by atoms with Crippen LogP contribution in [0.4, 0.5) is 0 Å². The molecule has 0 rings (SSSR count). The molecule has 0 saturated heterocycles. The van der Waals surface area contributed by atoms with E-state index in [1.54, 1.807) is 6.92 Å². The van der Waals surface area contributed by atoms with Crippen LogP contribution in [-0.4, -0.2) is 6.10 Å². The Morgan fingerprint density at radius 3 is 2.50 bits per heavy atom. The van der Waals surface area contributed by atoms with Crippen LogP contribution in [0.15, 0.2) is 25.2 Å². The Balaban J connectivity index is 3.38. The average Bonchev–Trinajstić information content (AvgIpc) is 1.65. The second kappa shape index (κ2) is 3.13. The quantitative estimate of drug-likeness (QED) is 0.392. The zero-order valence-electron chi connectivity index (χ0n) is 4.89. The van der Waals surface area contributed by atoms with Gasteiger partial charge in [-0.2, -0.15) is 0 Å². The van der Waals surface area contributed by atoms with Crippen molar-refractivity contribution in [2.24, 2.45) is 0 Å². The monoisotopic (exact) mass is 113 g/mol. The molecule has 0 N–H and O–H groups in total. The summed E-state index contributed by atoms with van der Waals surface area (Å²) in [6, 6.07) is 0. The second-order valence-corrected chi connectivity index (χ2v) is 1.43. The van der Waals surface area contributed by atoms with Gasteiger partial charge in [-0.3, -0.25) is 0 Å². The number of hydrogen-bond acceptors (Lipinski definition) is 2. The van der Waals surface area contributed by atoms with E-state index in [0.29, 0.717) is 0 Å². The summed E-state index contributed by atoms with van der Waals surface area (Å²) in [6.07, 6.45) is 1.31. The molecule has 0 bridgehead atoms. The molecule has 0 aromatic rings. The van der Waals surface area contributed by atoms with E-state index in [1.165, 1.54) is 6.08 Å². The fourth-order valence-electron chi connectivity index (χ4n) is 0.255. The topological polar surface area (TPSA) is 32.3 Å². The molecule has 0 aliphatic carbocycles. The van der Waals surface area contributed by atoms with Gasteiger partial charge in [0.15, 0.2) is 0 Å². The average molecular weight is 113 g/mol. The summed E-state index contributed by atoms with van der Waals surface area (Å²) in [5.41, 5.74) is 0. The van der Waals surface area contributed by atoms with Crippen molar-refractivity contribution in [1.29, 1.82) is 0 Å². The van der Waals surface area contributed by atoms with E-state index in [4.69, 9.17) is 0 Å². The molecule has 0 heterocycles. The van der Waals surface area contributed by atoms with Gasteiger partial charge in [-0.25, -0.2) is 0 Å². The normalized spacial score (nSPS) is 12.1. The van der Waals surface area contributed by atoms with E-state index in [-0.39, 0.29) is 6.10 Å². The lowest BCUT2D eigenvalue weighted by Crippen LogP contribution is -2.11. The van der Waals surface area contributed by atoms with Gasteiger partial charge in [0.1, 0.15) is 0 Å². The van der Waals surface area contributed by atoms with Crippen molar-refractivity contribution in [2.75, 3.05) is 0 Å². The molecule has 0 aliphatic heterocycles. The lowest BCUT2D eigenvalue weighted by Gasteiger charge is -2.18. The third-order valence-electron chi connectivity index (χ3n) is 0.649. The molecule has 0 aromatic carbocycles. The Bertz CT molecular complexity index is 96.7. The molecule has 0 radical (unpaired) electrons. The Labute approximate surface area is 49.1 Å². The first-order valence-electron chi connectivity index (χ1n) is 2.32. The van der Waals surface area contributed by atoms with Crippen LogP contribution in [0.25, 0.3) is 0 Å². The van der Waals surface area contributed by atoms with Crippen molar-refractivity contribution in [3.8, 4) is 0 Å². The molecule has 2 nitrogen and oxygen atoms in total. The highest BCUT2D eigenvalue weighted by molar-refractivity contribution is 4.78. The van der Waals surface area contributed by atoms with E-state index < -0.39 is 5.95 Å². The minimum absolute atomic E-state index is 0.222. The minimum atomic E-state index is -0.516. The van der Waals surface area contributed by atoms with Crippen molar-refractivity contribution in [2.45, 2.75) is 13.0 Å². The highest BCUT2D eigenvalue weighted by Crippen LogP contribution is 1.92. The highest BCUT2D eigenvalue weighted by atomic mass is 16.6. The van der Waals surface area contributed by atoms with E-state index in [9.17, 15) is 5.11 Å². The summed E-state index contributed by atoms with van der Waals surface area (Å²) < 4.78 is 4.53. The standard InChI is InChI=1S/C6H10O2/c1-4-5(2)8-6(3)7/h4-5,7H,1,3H2,2H3/p-1. The molecule has 0 spiro atoms. The van der Waals surface area contributed by atoms with Crippen LogP contribution in [0.2, 0.25) is 0 Å². The summed E-state index contributed by atoms with van der Waals surface area (Å²) in [5.74, 6) is -0.516. The van der Waals surface area contributed by atoms with Crippen LogP contribution in [0.1, 0.15) is 6.92 Å². The fraction of sp³-hybridized carbons (Fsp3) is 0.333. The molecule has 0 amide bonds. The van der Waals surface area contributed by atoms with Crippen LogP contribution < -0.4 is 5.11 Å².